The fraction of sp³-hybridized carbons (Fsp3) is 0.172. The summed E-state index contributed by atoms with van der Waals surface area (Å²) in [6, 6.07) is 17.4. The molecule has 190 valence electrons. The maximum Gasteiger partial charge on any atom is 0.326 e. The second kappa shape index (κ2) is 11.0. The Balaban J connectivity index is 1.76. The summed E-state index contributed by atoms with van der Waals surface area (Å²) in [5, 5.41) is 24.0. The lowest BCUT2D eigenvalue weighted by Crippen LogP contribution is -2.42. The van der Waals surface area contributed by atoms with E-state index in [2.05, 4.69) is 5.32 Å². The number of aliphatic hydroxyl groups is 1. The van der Waals surface area contributed by atoms with Crippen LogP contribution >= 0.6 is 11.6 Å². The van der Waals surface area contributed by atoms with Crippen molar-refractivity contribution in [3.63, 3.8) is 0 Å². The molecule has 0 aliphatic heterocycles. The fourth-order valence-corrected chi connectivity index (χ4v) is 4.80. The number of rotatable bonds is 8. The van der Waals surface area contributed by atoms with Crippen molar-refractivity contribution in [3.05, 3.63) is 99.8 Å². The molecule has 3 N–H and O–H groups in total. The van der Waals surface area contributed by atoms with Gasteiger partial charge < -0.3 is 20.3 Å². The molecule has 1 amide bonds. The molecule has 1 atom stereocenters. The minimum absolute atomic E-state index is 0.0308. The van der Waals surface area contributed by atoms with Gasteiger partial charge in [-0.3, -0.25) is 4.79 Å². The Morgan fingerprint density at radius 1 is 1.00 bits per heavy atom. The molecule has 0 aliphatic rings. The van der Waals surface area contributed by atoms with Crippen LogP contribution in [0.1, 0.15) is 27.0 Å². The molecule has 8 heteroatoms. The van der Waals surface area contributed by atoms with Gasteiger partial charge in [0, 0.05) is 12.0 Å². The summed E-state index contributed by atoms with van der Waals surface area (Å²) < 4.78 is 19.8. The van der Waals surface area contributed by atoms with Crippen LogP contribution in [0.25, 0.3) is 21.9 Å². The summed E-state index contributed by atoms with van der Waals surface area (Å²) in [6.07, 6.45) is -0.0308. The SMILES string of the molecule is COc1ccc(CO)c(Cl)c1-c1cccc2c(C[C@H](NC(=O)c3c(C)cccc3F)C(=O)O)cccc12. The second-order valence-electron chi connectivity index (χ2n) is 8.59. The summed E-state index contributed by atoms with van der Waals surface area (Å²) in [7, 11) is 1.53. The van der Waals surface area contributed by atoms with Crippen molar-refractivity contribution in [2.24, 2.45) is 0 Å². The van der Waals surface area contributed by atoms with Crippen molar-refractivity contribution in [1.82, 2.24) is 5.32 Å². The first-order valence-electron chi connectivity index (χ1n) is 11.5. The van der Waals surface area contributed by atoms with Crippen LogP contribution in [-0.4, -0.2) is 35.2 Å². The molecule has 0 saturated carbocycles. The smallest absolute Gasteiger partial charge is 0.326 e. The van der Waals surface area contributed by atoms with Crippen LogP contribution in [0.15, 0.2) is 66.7 Å². The van der Waals surface area contributed by atoms with Crippen LogP contribution in [-0.2, 0) is 17.8 Å². The van der Waals surface area contributed by atoms with E-state index < -0.39 is 23.7 Å². The van der Waals surface area contributed by atoms with Crippen LogP contribution in [0, 0.1) is 12.7 Å². The lowest BCUT2D eigenvalue weighted by atomic mass is 9.92. The highest BCUT2D eigenvalue weighted by atomic mass is 35.5. The van der Waals surface area contributed by atoms with Crippen LogP contribution in [0.3, 0.4) is 0 Å². The van der Waals surface area contributed by atoms with E-state index in [1.165, 1.54) is 13.2 Å². The number of carbonyl (C=O) groups is 2. The van der Waals surface area contributed by atoms with Gasteiger partial charge in [0.05, 0.1) is 24.3 Å². The van der Waals surface area contributed by atoms with Crippen molar-refractivity contribution < 1.29 is 28.9 Å². The van der Waals surface area contributed by atoms with Gasteiger partial charge in [-0.15, -0.1) is 0 Å². The molecule has 0 heterocycles. The van der Waals surface area contributed by atoms with E-state index in [9.17, 15) is 24.2 Å². The number of aliphatic hydroxyl groups excluding tert-OH is 1. The zero-order chi connectivity index (χ0) is 26.7. The summed E-state index contributed by atoms with van der Waals surface area (Å²) >= 11 is 6.64. The van der Waals surface area contributed by atoms with Gasteiger partial charge in [-0.05, 0) is 52.1 Å². The molecule has 0 fully saturated rings. The van der Waals surface area contributed by atoms with Crippen molar-refractivity contribution in [1.29, 1.82) is 0 Å². The standard InChI is InChI=1S/C29H25ClFNO5/c1-16-6-3-11-22(31)25(16)28(34)32-23(29(35)36)14-17-7-4-9-20-19(17)8-5-10-21(20)26-24(37-2)13-12-18(15-33)27(26)30/h3-13,23,33H,14-15H2,1-2H3,(H,32,34)(H,35,36)/t23-/m0/s1. The predicted octanol–water partition coefficient (Wildman–Crippen LogP) is 5.53. The molecule has 6 nitrogen and oxygen atoms in total. The number of amides is 1. The molecule has 0 spiro atoms. The minimum atomic E-state index is -1.29. The van der Waals surface area contributed by atoms with E-state index in [-0.39, 0.29) is 18.6 Å². The van der Waals surface area contributed by atoms with Crippen molar-refractivity contribution in [2.45, 2.75) is 26.0 Å². The average molecular weight is 522 g/mol. The summed E-state index contributed by atoms with van der Waals surface area (Å²) in [5.41, 5.74) is 2.80. The molecular weight excluding hydrogens is 497 g/mol. The average Bonchev–Trinajstić information content (AvgIpc) is 2.88. The van der Waals surface area contributed by atoms with Gasteiger partial charge in [0.1, 0.15) is 17.6 Å². The Kier molecular flexibility index (Phi) is 7.76. The number of methoxy groups -OCH3 is 1. The van der Waals surface area contributed by atoms with E-state index in [0.29, 0.717) is 33.0 Å². The van der Waals surface area contributed by atoms with Crippen molar-refractivity contribution in [2.75, 3.05) is 7.11 Å². The van der Waals surface area contributed by atoms with Crippen molar-refractivity contribution in [3.8, 4) is 16.9 Å². The van der Waals surface area contributed by atoms with Crippen LogP contribution in [0.2, 0.25) is 5.02 Å². The Labute approximate surface area is 218 Å². The Hall–Kier alpha value is -3.94. The number of carboxylic acids is 1. The number of carboxylic acid groups (broad SMARTS) is 1. The van der Waals surface area contributed by atoms with E-state index in [0.717, 1.165) is 22.4 Å². The minimum Gasteiger partial charge on any atom is -0.496 e. The molecule has 0 unspecified atom stereocenters. The molecular formula is C29H25ClFNO5. The maximum absolute atomic E-state index is 14.3. The van der Waals surface area contributed by atoms with E-state index in [1.54, 1.807) is 37.3 Å². The molecule has 4 aromatic rings. The highest BCUT2D eigenvalue weighted by Crippen LogP contribution is 2.42. The maximum atomic E-state index is 14.3. The van der Waals surface area contributed by atoms with Gasteiger partial charge in [-0.1, -0.05) is 66.2 Å². The number of fused-ring (bicyclic) bond motifs is 1. The molecule has 0 aromatic heterocycles. The molecule has 0 aliphatic carbocycles. The van der Waals surface area contributed by atoms with Crippen LogP contribution in [0.5, 0.6) is 5.75 Å². The number of nitrogens with one attached hydrogen (secondary N) is 1. The van der Waals surface area contributed by atoms with Gasteiger partial charge in [0.25, 0.3) is 5.91 Å². The topological polar surface area (TPSA) is 95.9 Å². The number of aliphatic carboxylic acids is 1. The van der Waals surface area contributed by atoms with Gasteiger partial charge in [0.15, 0.2) is 0 Å². The quantitative estimate of drug-likeness (QED) is 0.283. The highest BCUT2D eigenvalue weighted by molar-refractivity contribution is 6.35. The molecule has 0 bridgehead atoms. The molecule has 0 saturated heterocycles. The first-order chi connectivity index (χ1) is 17.8. The molecule has 4 rings (SSSR count). The van der Waals surface area contributed by atoms with E-state index in [4.69, 9.17) is 16.3 Å². The monoisotopic (exact) mass is 521 g/mol. The van der Waals surface area contributed by atoms with Gasteiger partial charge in [0.2, 0.25) is 0 Å². The third-order valence-corrected chi connectivity index (χ3v) is 6.76. The Bertz CT molecular complexity index is 1480. The summed E-state index contributed by atoms with van der Waals surface area (Å²) in [5.74, 6) is -2.22. The zero-order valence-electron chi connectivity index (χ0n) is 20.2. The first kappa shape index (κ1) is 26.1. The lowest BCUT2D eigenvalue weighted by molar-refractivity contribution is -0.139. The molecule has 37 heavy (non-hydrogen) atoms. The fourth-order valence-electron chi connectivity index (χ4n) is 4.49. The number of hydrogen-bond acceptors (Lipinski definition) is 4. The van der Waals surface area contributed by atoms with E-state index in [1.807, 2.05) is 24.3 Å². The number of ether oxygens (including phenoxy) is 1. The Morgan fingerprint density at radius 3 is 2.38 bits per heavy atom. The number of carbonyl (C=O) groups excluding carboxylic acids is 1. The predicted molar refractivity (Wildman–Crippen MR) is 141 cm³/mol. The van der Waals surface area contributed by atoms with Gasteiger partial charge in [-0.25, -0.2) is 9.18 Å². The number of hydrogen-bond donors (Lipinski definition) is 3. The third-order valence-electron chi connectivity index (χ3n) is 6.33. The second-order valence-corrected chi connectivity index (χ2v) is 8.97. The van der Waals surface area contributed by atoms with Gasteiger partial charge >= 0.3 is 5.97 Å². The normalized spacial score (nSPS) is 11.8. The van der Waals surface area contributed by atoms with Crippen LogP contribution < -0.4 is 10.1 Å². The Morgan fingerprint density at radius 2 is 1.70 bits per heavy atom. The number of benzene rings is 4. The zero-order valence-corrected chi connectivity index (χ0v) is 21.0. The highest BCUT2D eigenvalue weighted by Gasteiger charge is 2.25. The van der Waals surface area contributed by atoms with Crippen molar-refractivity contribution >= 4 is 34.2 Å². The lowest BCUT2D eigenvalue weighted by Gasteiger charge is -2.19. The third kappa shape index (κ3) is 5.14. The van der Waals surface area contributed by atoms with Gasteiger partial charge in [-0.2, -0.15) is 0 Å². The van der Waals surface area contributed by atoms with E-state index >= 15 is 0 Å². The summed E-state index contributed by atoms with van der Waals surface area (Å²) in [4.78, 5) is 24.9. The number of aryl methyl sites for hydroxylation is 1. The molecule has 0 radical (unpaired) electrons. The largest absolute Gasteiger partial charge is 0.496 e. The first-order valence-corrected chi connectivity index (χ1v) is 11.9. The summed E-state index contributed by atoms with van der Waals surface area (Å²) in [6.45, 7) is 1.35. The molecule has 4 aromatic carbocycles. The van der Waals surface area contributed by atoms with Crippen LogP contribution in [0.4, 0.5) is 4.39 Å². The number of halogens is 2.